The predicted octanol–water partition coefficient (Wildman–Crippen LogP) is 1.67. The normalized spacial score (nSPS) is 17.8. The van der Waals surface area contributed by atoms with Crippen molar-refractivity contribution in [3.63, 3.8) is 0 Å². The van der Waals surface area contributed by atoms with Gasteiger partial charge in [-0.3, -0.25) is 14.4 Å². The quantitative estimate of drug-likeness (QED) is 0.711. The molecule has 0 unspecified atom stereocenters. The summed E-state index contributed by atoms with van der Waals surface area (Å²) in [5, 5.41) is 3.28. The molecular formula is C24H32N4O5. The first-order chi connectivity index (χ1) is 15.8. The molecule has 1 aromatic carbocycles. The highest BCUT2D eigenvalue weighted by Crippen LogP contribution is 2.35. The van der Waals surface area contributed by atoms with Crippen LogP contribution in [0.3, 0.4) is 0 Å². The highest BCUT2D eigenvalue weighted by atomic mass is 16.7. The number of nitrogens with zero attached hydrogens (tertiary/aromatic N) is 3. The van der Waals surface area contributed by atoms with Crippen molar-refractivity contribution < 1.29 is 19.1 Å². The minimum absolute atomic E-state index is 0.0164. The zero-order chi connectivity index (χ0) is 23.7. The van der Waals surface area contributed by atoms with E-state index in [9.17, 15) is 14.4 Å². The van der Waals surface area contributed by atoms with Gasteiger partial charge in [0.25, 0.3) is 5.91 Å². The minimum Gasteiger partial charge on any atom is -0.454 e. The maximum Gasteiger partial charge on any atom is 0.257 e. The molecule has 4 rings (SSSR count). The van der Waals surface area contributed by atoms with E-state index in [1.54, 1.807) is 18.3 Å². The Labute approximate surface area is 193 Å². The second kappa shape index (κ2) is 9.43. The summed E-state index contributed by atoms with van der Waals surface area (Å²) in [7, 11) is 2.03. The van der Waals surface area contributed by atoms with E-state index in [1.165, 1.54) is 0 Å². The Morgan fingerprint density at radius 2 is 1.76 bits per heavy atom. The summed E-state index contributed by atoms with van der Waals surface area (Å²) in [6, 6.07) is 2.71. The fraction of sp³-hybridized carbons (Fsp3) is 0.542. The van der Waals surface area contributed by atoms with Crippen LogP contribution in [-0.4, -0.2) is 72.2 Å². The van der Waals surface area contributed by atoms with Gasteiger partial charge in [-0.05, 0) is 26.0 Å². The summed E-state index contributed by atoms with van der Waals surface area (Å²) < 4.78 is 12.7. The van der Waals surface area contributed by atoms with Gasteiger partial charge in [0.05, 0.1) is 10.9 Å². The zero-order valence-corrected chi connectivity index (χ0v) is 19.7. The molecule has 2 atom stereocenters. The third-order valence-corrected chi connectivity index (χ3v) is 6.74. The largest absolute Gasteiger partial charge is 0.454 e. The third-order valence-electron chi connectivity index (χ3n) is 6.74. The Hall–Kier alpha value is -3.07. The summed E-state index contributed by atoms with van der Waals surface area (Å²) in [6.45, 7) is 9.40. The lowest BCUT2D eigenvalue weighted by Crippen LogP contribution is -2.56. The summed E-state index contributed by atoms with van der Waals surface area (Å²) in [4.78, 5) is 43.9. The van der Waals surface area contributed by atoms with Crippen molar-refractivity contribution >= 4 is 22.7 Å². The number of pyridine rings is 1. The lowest BCUT2D eigenvalue weighted by molar-refractivity contribution is -0.136. The van der Waals surface area contributed by atoms with Crippen LogP contribution >= 0.6 is 0 Å². The van der Waals surface area contributed by atoms with E-state index in [2.05, 4.69) is 10.2 Å². The molecule has 2 aromatic rings. The van der Waals surface area contributed by atoms with Crippen molar-refractivity contribution in [2.75, 3.05) is 40.0 Å². The van der Waals surface area contributed by atoms with Crippen molar-refractivity contribution in [2.45, 2.75) is 39.8 Å². The average molecular weight is 457 g/mol. The second-order valence-electron chi connectivity index (χ2n) is 8.85. The molecule has 1 fully saturated rings. The Balaban J connectivity index is 1.66. The number of aryl methyl sites for hydroxylation is 1. The number of fused-ring (bicyclic) bond motifs is 2. The van der Waals surface area contributed by atoms with E-state index in [0.29, 0.717) is 42.0 Å². The average Bonchev–Trinajstić information content (AvgIpc) is 3.29. The molecule has 9 heteroatoms. The SMILES string of the molecule is CC[C@H](C)[C@H](NC(=O)c1cn(CC)c2cc3c(cc2c1=O)OCO3)C(=O)N1CCN(C)CC1. The van der Waals surface area contributed by atoms with Crippen LogP contribution in [0.4, 0.5) is 0 Å². The maximum atomic E-state index is 13.3. The molecule has 2 amide bonds. The number of aromatic nitrogens is 1. The number of amides is 2. The first kappa shape index (κ1) is 23.1. The molecule has 3 heterocycles. The monoisotopic (exact) mass is 456 g/mol. The van der Waals surface area contributed by atoms with Gasteiger partial charge >= 0.3 is 0 Å². The number of likely N-dealkylation sites (N-methyl/N-ethyl adjacent to an activating group) is 1. The number of hydrogen-bond acceptors (Lipinski definition) is 6. The topological polar surface area (TPSA) is 93.1 Å². The molecule has 1 N–H and O–H groups in total. The molecule has 0 aliphatic carbocycles. The number of nitrogens with one attached hydrogen (secondary N) is 1. The molecule has 0 spiro atoms. The molecule has 9 nitrogen and oxygen atoms in total. The van der Waals surface area contributed by atoms with Gasteiger partial charge < -0.3 is 29.2 Å². The Bertz CT molecular complexity index is 1120. The van der Waals surface area contributed by atoms with Crippen LogP contribution in [0.1, 0.15) is 37.6 Å². The number of carbonyl (C=O) groups is 2. The van der Waals surface area contributed by atoms with E-state index in [-0.39, 0.29) is 29.6 Å². The van der Waals surface area contributed by atoms with Crippen molar-refractivity contribution in [1.82, 2.24) is 19.7 Å². The fourth-order valence-electron chi connectivity index (χ4n) is 4.33. The van der Waals surface area contributed by atoms with Crippen LogP contribution in [0.5, 0.6) is 11.5 Å². The standard InChI is InChI=1S/C24H32N4O5/c1-5-15(3)21(24(31)28-9-7-26(4)8-10-28)25-23(30)17-13-27(6-2)18-12-20-19(32-14-33-20)11-16(18)22(17)29/h11-13,15,21H,5-10,14H2,1-4H3,(H,25,30)/t15-,21-/m0/s1. The van der Waals surface area contributed by atoms with Crippen LogP contribution in [0.25, 0.3) is 10.9 Å². The maximum absolute atomic E-state index is 13.3. The number of benzene rings is 1. The summed E-state index contributed by atoms with van der Waals surface area (Å²) in [5.41, 5.74) is 0.304. The van der Waals surface area contributed by atoms with Gasteiger partial charge in [0, 0.05) is 45.0 Å². The Kier molecular flexibility index (Phi) is 6.60. The molecule has 0 radical (unpaired) electrons. The van der Waals surface area contributed by atoms with Crippen molar-refractivity contribution in [2.24, 2.45) is 5.92 Å². The van der Waals surface area contributed by atoms with Crippen LogP contribution in [0.15, 0.2) is 23.1 Å². The Morgan fingerprint density at radius 3 is 2.39 bits per heavy atom. The van der Waals surface area contributed by atoms with Gasteiger partial charge in [0.15, 0.2) is 11.5 Å². The van der Waals surface area contributed by atoms with Gasteiger partial charge in [-0.25, -0.2) is 0 Å². The highest BCUT2D eigenvalue weighted by molar-refractivity contribution is 6.00. The Morgan fingerprint density at radius 1 is 1.09 bits per heavy atom. The molecule has 1 aromatic heterocycles. The van der Waals surface area contributed by atoms with E-state index in [0.717, 1.165) is 19.5 Å². The van der Waals surface area contributed by atoms with Gasteiger partial charge in [-0.15, -0.1) is 0 Å². The third kappa shape index (κ3) is 4.42. The van der Waals surface area contributed by atoms with Crippen LogP contribution < -0.4 is 20.2 Å². The molecule has 178 valence electrons. The van der Waals surface area contributed by atoms with E-state index >= 15 is 0 Å². The summed E-state index contributed by atoms with van der Waals surface area (Å²) >= 11 is 0. The molecule has 0 saturated carbocycles. The number of carbonyl (C=O) groups excluding carboxylic acids is 2. The van der Waals surface area contributed by atoms with Crippen molar-refractivity contribution in [3.8, 4) is 11.5 Å². The van der Waals surface area contributed by atoms with E-state index < -0.39 is 11.9 Å². The van der Waals surface area contributed by atoms with Crippen LogP contribution in [-0.2, 0) is 11.3 Å². The number of piperazine rings is 1. The lowest BCUT2D eigenvalue weighted by atomic mass is 9.97. The predicted molar refractivity (Wildman–Crippen MR) is 125 cm³/mol. The van der Waals surface area contributed by atoms with E-state index in [4.69, 9.17) is 9.47 Å². The first-order valence-corrected chi connectivity index (χ1v) is 11.6. The van der Waals surface area contributed by atoms with Crippen molar-refractivity contribution in [1.29, 1.82) is 0 Å². The van der Waals surface area contributed by atoms with Gasteiger partial charge in [-0.1, -0.05) is 20.3 Å². The smallest absolute Gasteiger partial charge is 0.257 e. The van der Waals surface area contributed by atoms with Gasteiger partial charge in [-0.2, -0.15) is 0 Å². The van der Waals surface area contributed by atoms with Crippen LogP contribution in [0, 0.1) is 5.92 Å². The second-order valence-corrected chi connectivity index (χ2v) is 8.85. The molecule has 2 aliphatic rings. The summed E-state index contributed by atoms with van der Waals surface area (Å²) in [6.07, 6.45) is 2.29. The van der Waals surface area contributed by atoms with E-state index in [1.807, 2.05) is 37.3 Å². The summed E-state index contributed by atoms with van der Waals surface area (Å²) in [5.74, 6) is 0.377. The number of hydrogen-bond donors (Lipinski definition) is 1. The van der Waals surface area contributed by atoms with Gasteiger partial charge in [0.1, 0.15) is 11.6 Å². The number of rotatable bonds is 6. The molecule has 2 aliphatic heterocycles. The minimum atomic E-state index is -0.687. The molecular weight excluding hydrogens is 424 g/mol. The molecule has 33 heavy (non-hydrogen) atoms. The van der Waals surface area contributed by atoms with Gasteiger partial charge in [0.2, 0.25) is 18.1 Å². The lowest BCUT2D eigenvalue weighted by Gasteiger charge is -2.36. The van der Waals surface area contributed by atoms with Crippen LogP contribution in [0.2, 0.25) is 0 Å². The first-order valence-electron chi connectivity index (χ1n) is 11.6. The highest BCUT2D eigenvalue weighted by Gasteiger charge is 2.32. The zero-order valence-electron chi connectivity index (χ0n) is 19.7. The van der Waals surface area contributed by atoms with Crippen molar-refractivity contribution in [3.05, 3.63) is 34.1 Å². The fourth-order valence-corrected chi connectivity index (χ4v) is 4.33. The molecule has 1 saturated heterocycles. The number of ether oxygens (including phenoxy) is 2. The molecule has 0 bridgehead atoms.